The minimum Gasteiger partial charge on any atom is -0.368 e. The molecule has 0 radical (unpaired) electrons. The van der Waals surface area contributed by atoms with Crippen LogP contribution in [-0.2, 0) is 9.53 Å². The van der Waals surface area contributed by atoms with Gasteiger partial charge in [0.25, 0.3) is 5.91 Å². The molecule has 1 atom stereocenters. The first kappa shape index (κ1) is 14.2. The highest BCUT2D eigenvalue weighted by atomic mass is 19.4. The topological polar surface area (TPSA) is 64.3 Å². The van der Waals surface area contributed by atoms with Crippen molar-refractivity contribution >= 4 is 5.91 Å². The molecule has 15 heavy (non-hydrogen) atoms. The van der Waals surface area contributed by atoms with Crippen molar-refractivity contribution in [3.63, 3.8) is 0 Å². The zero-order valence-electron chi connectivity index (χ0n) is 8.43. The number of alkyl halides is 3. The average Bonchev–Trinajstić information content (AvgIpc) is 2.13. The maximum absolute atomic E-state index is 11.8. The molecule has 0 aliphatic heterocycles. The van der Waals surface area contributed by atoms with Crippen LogP contribution in [0.1, 0.15) is 26.2 Å². The molecular formula is C8H15F3N2O2. The second-order valence-electron chi connectivity index (χ2n) is 3.02. The van der Waals surface area contributed by atoms with Crippen LogP contribution in [0.5, 0.6) is 0 Å². The molecule has 0 heterocycles. The maximum Gasteiger partial charge on any atom is 0.391 e. The average molecular weight is 228 g/mol. The minimum atomic E-state index is -4.27. The molecule has 0 fully saturated rings. The number of carbonyl (C=O) groups excluding carboxylic acids is 1. The number of amides is 1. The van der Waals surface area contributed by atoms with E-state index in [2.05, 4.69) is 0 Å². The van der Waals surface area contributed by atoms with Crippen LogP contribution in [0, 0.1) is 0 Å². The predicted octanol–water partition coefficient (Wildman–Crippen LogP) is 1.11. The van der Waals surface area contributed by atoms with E-state index in [0.717, 1.165) is 0 Å². The van der Waals surface area contributed by atoms with Gasteiger partial charge in [-0.3, -0.25) is 10.2 Å². The summed E-state index contributed by atoms with van der Waals surface area (Å²) in [7, 11) is 0. The van der Waals surface area contributed by atoms with E-state index in [-0.39, 0.29) is 0 Å². The van der Waals surface area contributed by atoms with E-state index in [0.29, 0.717) is 12.8 Å². The molecule has 1 unspecified atom stereocenters. The normalized spacial score (nSPS) is 13.7. The van der Waals surface area contributed by atoms with Gasteiger partial charge in [-0.25, -0.2) is 5.84 Å². The van der Waals surface area contributed by atoms with Gasteiger partial charge in [0.05, 0.1) is 13.0 Å². The van der Waals surface area contributed by atoms with Gasteiger partial charge < -0.3 is 4.74 Å². The van der Waals surface area contributed by atoms with Crippen LogP contribution >= 0.6 is 0 Å². The van der Waals surface area contributed by atoms with Crippen molar-refractivity contribution in [2.24, 2.45) is 5.84 Å². The van der Waals surface area contributed by atoms with Gasteiger partial charge in [-0.15, -0.1) is 0 Å². The Balaban J connectivity index is 3.91. The van der Waals surface area contributed by atoms with Crippen LogP contribution in [-0.4, -0.2) is 24.8 Å². The number of hydrogen-bond donors (Lipinski definition) is 2. The summed E-state index contributed by atoms with van der Waals surface area (Å²) in [4.78, 5) is 11.0. The molecule has 90 valence electrons. The number of halogens is 3. The summed E-state index contributed by atoms with van der Waals surface area (Å²) in [5, 5.41) is 0. The lowest BCUT2D eigenvalue weighted by Gasteiger charge is -2.15. The van der Waals surface area contributed by atoms with E-state index >= 15 is 0 Å². The molecule has 0 aliphatic rings. The summed E-state index contributed by atoms with van der Waals surface area (Å²) in [6, 6.07) is 0. The number of nitrogens with two attached hydrogens (primary N) is 1. The molecular weight excluding hydrogens is 213 g/mol. The van der Waals surface area contributed by atoms with Crippen LogP contribution in [0.15, 0.2) is 0 Å². The Morgan fingerprint density at radius 2 is 2.13 bits per heavy atom. The van der Waals surface area contributed by atoms with Crippen molar-refractivity contribution in [1.82, 2.24) is 5.43 Å². The second kappa shape index (κ2) is 6.62. The molecule has 0 aromatic rings. The molecule has 0 spiro atoms. The molecule has 0 aliphatic carbocycles. The Kier molecular flexibility index (Phi) is 6.26. The first-order valence-corrected chi connectivity index (χ1v) is 4.59. The van der Waals surface area contributed by atoms with Crippen LogP contribution in [0.2, 0.25) is 0 Å². The molecule has 0 saturated heterocycles. The zero-order valence-corrected chi connectivity index (χ0v) is 8.43. The highest BCUT2D eigenvalue weighted by Gasteiger charge is 2.28. The standard InChI is InChI=1S/C8H15F3N2O2/c1-2-3-6(7(14)13-12)15-5-4-8(9,10)11/h6H,2-5,12H2,1H3,(H,13,14). The maximum atomic E-state index is 11.8. The van der Waals surface area contributed by atoms with Crippen molar-refractivity contribution in [2.45, 2.75) is 38.5 Å². The smallest absolute Gasteiger partial charge is 0.368 e. The van der Waals surface area contributed by atoms with Crippen molar-refractivity contribution in [3.8, 4) is 0 Å². The summed E-state index contributed by atoms with van der Waals surface area (Å²) in [6.07, 6.45) is -5.26. The summed E-state index contributed by atoms with van der Waals surface area (Å²) in [5.41, 5.74) is 1.85. The lowest BCUT2D eigenvalue weighted by atomic mass is 10.2. The highest BCUT2D eigenvalue weighted by molar-refractivity contribution is 5.80. The van der Waals surface area contributed by atoms with Crippen molar-refractivity contribution in [3.05, 3.63) is 0 Å². The number of nitrogens with one attached hydrogen (secondary N) is 1. The SMILES string of the molecule is CCCC(OCCC(F)(F)F)C(=O)NN. The van der Waals surface area contributed by atoms with E-state index in [1.165, 1.54) is 0 Å². The molecule has 0 rings (SSSR count). The van der Waals surface area contributed by atoms with Gasteiger partial charge in [0, 0.05) is 0 Å². The fourth-order valence-corrected chi connectivity index (χ4v) is 0.962. The van der Waals surface area contributed by atoms with Gasteiger partial charge in [-0.1, -0.05) is 13.3 Å². The number of hydrogen-bond acceptors (Lipinski definition) is 3. The largest absolute Gasteiger partial charge is 0.391 e. The first-order chi connectivity index (χ1) is 6.90. The van der Waals surface area contributed by atoms with Crippen molar-refractivity contribution < 1.29 is 22.7 Å². The van der Waals surface area contributed by atoms with Crippen LogP contribution in [0.3, 0.4) is 0 Å². The van der Waals surface area contributed by atoms with Gasteiger partial charge >= 0.3 is 6.18 Å². The van der Waals surface area contributed by atoms with Gasteiger partial charge in [-0.05, 0) is 6.42 Å². The highest BCUT2D eigenvalue weighted by Crippen LogP contribution is 2.19. The van der Waals surface area contributed by atoms with E-state index in [1.807, 2.05) is 5.43 Å². The molecule has 0 saturated carbocycles. The first-order valence-electron chi connectivity index (χ1n) is 4.59. The Labute approximate surface area is 85.9 Å². The summed E-state index contributed by atoms with van der Waals surface area (Å²) >= 11 is 0. The summed E-state index contributed by atoms with van der Waals surface area (Å²) in [5.74, 6) is 4.26. The number of hydrazine groups is 1. The third-order valence-electron chi connectivity index (χ3n) is 1.69. The number of rotatable bonds is 6. The zero-order chi connectivity index (χ0) is 11.9. The van der Waals surface area contributed by atoms with Crippen LogP contribution < -0.4 is 11.3 Å². The third-order valence-corrected chi connectivity index (χ3v) is 1.69. The Morgan fingerprint density at radius 1 is 1.53 bits per heavy atom. The lowest BCUT2D eigenvalue weighted by Crippen LogP contribution is -2.40. The Bertz CT molecular complexity index is 197. The predicted molar refractivity (Wildman–Crippen MR) is 47.7 cm³/mol. The fourth-order valence-electron chi connectivity index (χ4n) is 0.962. The molecule has 7 heteroatoms. The van der Waals surface area contributed by atoms with Crippen LogP contribution in [0.25, 0.3) is 0 Å². The van der Waals surface area contributed by atoms with E-state index < -0.39 is 31.2 Å². The molecule has 0 aromatic heterocycles. The monoisotopic (exact) mass is 228 g/mol. The lowest BCUT2D eigenvalue weighted by molar-refractivity contribution is -0.155. The van der Waals surface area contributed by atoms with Gasteiger partial charge in [0.15, 0.2) is 0 Å². The Hall–Kier alpha value is -0.820. The molecule has 0 bridgehead atoms. The molecule has 3 N–H and O–H groups in total. The molecule has 1 amide bonds. The molecule has 0 aromatic carbocycles. The number of ether oxygens (including phenoxy) is 1. The minimum absolute atomic E-state index is 0.348. The Morgan fingerprint density at radius 3 is 2.53 bits per heavy atom. The van der Waals surface area contributed by atoms with E-state index in [4.69, 9.17) is 10.6 Å². The van der Waals surface area contributed by atoms with Gasteiger partial charge in [0.2, 0.25) is 0 Å². The summed E-state index contributed by atoms with van der Waals surface area (Å²) < 4.78 is 40.1. The van der Waals surface area contributed by atoms with Crippen molar-refractivity contribution in [2.75, 3.05) is 6.61 Å². The quantitative estimate of drug-likeness (QED) is 0.406. The van der Waals surface area contributed by atoms with Gasteiger partial charge in [-0.2, -0.15) is 13.2 Å². The van der Waals surface area contributed by atoms with Gasteiger partial charge in [0.1, 0.15) is 6.10 Å². The molecule has 4 nitrogen and oxygen atoms in total. The second-order valence-corrected chi connectivity index (χ2v) is 3.02. The van der Waals surface area contributed by atoms with E-state index in [1.54, 1.807) is 6.92 Å². The van der Waals surface area contributed by atoms with Crippen LogP contribution in [0.4, 0.5) is 13.2 Å². The number of carbonyl (C=O) groups is 1. The van der Waals surface area contributed by atoms with Crippen molar-refractivity contribution in [1.29, 1.82) is 0 Å². The fraction of sp³-hybridized carbons (Fsp3) is 0.875. The third kappa shape index (κ3) is 7.15. The van der Waals surface area contributed by atoms with E-state index in [9.17, 15) is 18.0 Å². The summed E-state index contributed by atoms with van der Waals surface area (Å²) in [6.45, 7) is 1.27.